The molecule has 1 atom stereocenters. The lowest BCUT2D eigenvalue weighted by Gasteiger charge is -2.29. The van der Waals surface area contributed by atoms with Gasteiger partial charge in [-0.2, -0.15) is 0 Å². The lowest BCUT2D eigenvalue weighted by Crippen LogP contribution is -2.39. The Morgan fingerprint density at radius 3 is 2.63 bits per heavy atom. The van der Waals surface area contributed by atoms with Crippen LogP contribution in [-0.4, -0.2) is 31.0 Å². The molecule has 3 rings (SSSR count). The molecule has 0 radical (unpaired) electrons. The number of carbonyl (C=O) groups excluding carboxylic acids is 2. The second-order valence-electron chi connectivity index (χ2n) is 6.85. The summed E-state index contributed by atoms with van der Waals surface area (Å²) < 4.78 is 5.57. The van der Waals surface area contributed by atoms with Crippen molar-refractivity contribution in [1.82, 2.24) is 5.32 Å². The highest BCUT2D eigenvalue weighted by molar-refractivity contribution is 5.97. The van der Waals surface area contributed by atoms with Crippen LogP contribution in [0.1, 0.15) is 31.7 Å². The van der Waals surface area contributed by atoms with Gasteiger partial charge in [-0.25, -0.2) is 0 Å². The summed E-state index contributed by atoms with van der Waals surface area (Å²) in [6, 6.07) is 17.8. The maximum Gasteiger partial charge on any atom is 0.227 e. The summed E-state index contributed by atoms with van der Waals surface area (Å²) in [5.41, 5.74) is 2.05. The zero-order valence-corrected chi connectivity index (χ0v) is 15.7. The van der Waals surface area contributed by atoms with Crippen LogP contribution in [0.15, 0.2) is 54.6 Å². The van der Waals surface area contributed by atoms with Gasteiger partial charge in [-0.3, -0.25) is 9.59 Å². The molecule has 0 bridgehead atoms. The Balaban J connectivity index is 1.43. The second kappa shape index (κ2) is 9.21. The number of carbonyl (C=O) groups is 2. The minimum absolute atomic E-state index is 0.0437. The van der Waals surface area contributed by atoms with Crippen LogP contribution >= 0.6 is 0 Å². The fraction of sp³-hybridized carbons (Fsp3) is 0.364. The lowest BCUT2D eigenvalue weighted by molar-refractivity contribution is -0.125. The summed E-state index contributed by atoms with van der Waals surface area (Å²) in [5, 5.41) is 2.99. The van der Waals surface area contributed by atoms with E-state index in [1.54, 1.807) is 4.90 Å². The van der Waals surface area contributed by atoms with E-state index in [1.165, 1.54) is 5.56 Å². The molecular formula is C22H26N2O3. The Bertz CT molecular complexity index is 776. The van der Waals surface area contributed by atoms with Crippen molar-refractivity contribution in [1.29, 1.82) is 0 Å². The van der Waals surface area contributed by atoms with E-state index in [4.69, 9.17) is 4.74 Å². The molecule has 2 amide bonds. The van der Waals surface area contributed by atoms with Crippen molar-refractivity contribution in [2.75, 3.05) is 18.1 Å². The number of nitrogens with zero attached hydrogens (tertiary/aromatic N) is 1. The first kappa shape index (κ1) is 19.0. The number of hydrogen-bond acceptors (Lipinski definition) is 3. The molecule has 1 N–H and O–H groups in total. The molecule has 0 aliphatic carbocycles. The molecule has 0 aromatic heterocycles. The number of rotatable bonds is 7. The van der Waals surface area contributed by atoms with E-state index < -0.39 is 0 Å². The lowest BCUT2D eigenvalue weighted by atomic mass is 10.1. The van der Waals surface area contributed by atoms with Crippen molar-refractivity contribution in [3.8, 4) is 5.75 Å². The number of ether oxygens (including phenoxy) is 1. The van der Waals surface area contributed by atoms with Crippen LogP contribution in [0.2, 0.25) is 0 Å². The summed E-state index contributed by atoms with van der Waals surface area (Å²) >= 11 is 0. The van der Waals surface area contributed by atoms with Crippen LogP contribution < -0.4 is 15.0 Å². The Kier molecular flexibility index (Phi) is 6.47. The quantitative estimate of drug-likeness (QED) is 0.818. The SMILES string of the molecule is CC(CCc1ccccc1)NC(=O)CCC(=O)N1CCOc2ccccc21. The minimum Gasteiger partial charge on any atom is -0.490 e. The number of nitrogens with one attached hydrogen (secondary N) is 1. The van der Waals surface area contributed by atoms with Gasteiger partial charge in [0.15, 0.2) is 0 Å². The summed E-state index contributed by atoms with van der Waals surface area (Å²) in [7, 11) is 0. The highest BCUT2D eigenvalue weighted by Crippen LogP contribution is 2.31. The van der Waals surface area contributed by atoms with Crippen LogP contribution in [0.3, 0.4) is 0 Å². The van der Waals surface area contributed by atoms with Gasteiger partial charge in [-0.05, 0) is 37.5 Å². The standard InChI is InChI=1S/C22H26N2O3/c1-17(11-12-18-7-3-2-4-8-18)23-21(25)13-14-22(26)24-15-16-27-20-10-6-5-9-19(20)24/h2-10,17H,11-16H2,1H3,(H,23,25). The number of benzene rings is 2. The molecule has 5 heteroatoms. The molecule has 1 aliphatic heterocycles. The molecule has 27 heavy (non-hydrogen) atoms. The molecule has 142 valence electrons. The number of fused-ring (bicyclic) bond motifs is 1. The van der Waals surface area contributed by atoms with Crippen molar-refractivity contribution in [2.45, 2.75) is 38.6 Å². The first-order chi connectivity index (χ1) is 13.1. The zero-order valence-electron chi connectivity index (χ0n) is 15.7. The zero-order chi connectivity index (χ0) is 19.1. The van der Waals surface area contributed by atoms with Gasteiger partial charge >= 0.3 is 0 Å². The Morgan fingerprint density at radius 1 is 1.07 bits per heavy atom. The third-order valence-corrected chi connectivity index (χ3v) is 4.71. The number of para-hydroxylation sites is 2. The monoisotopic (exact) mass is 366 g/mol. The molecule has 2 aromatic carbocycles. The molecule has 2 aromatic rings. The average Bonchev–Trinajstić information content (AvgIpc) is 2.71. The fourth-order valence-electron chi connectivity index (χ4n) is 3.23. The minimum atomic E-state index is -0.0783. The van der Waals surface area contributed by atoms with E-state index in [0.29, 0.717) is 13.2 Å². The Hall–Kier alpha value is -2.82. The van der Waals surface area contributed by atoms with E-state index in [9.17, 15) is 9.59 Å². The summed E-state index contributed by atoms with van der Waals surface area (Å²) in [4.78, 5) is 26.5. The highest BCUT2D eigenvalue weighted by atomic mass is 16.5. The van der Waals surface area contributed by atoms with Crippen molar-refractivity contribution >= 4 is 17.5 Å². The van der Waals surface area contributed by atoms with E-state index in [2.05, 4.69) is 17.4 Å². The first-order valence-corrected chi connectivity index (χ1v) is 9.49. The Morgan fingerprint density at radius 2 is 1.81 bits per heavy atom. The molecule has 1 heterocycles. The van der Waals surface area contributed by atoms with Gasteiger partial charge in [0.1, 0.15) is 12.4 Å². The molecule has 0 saturated carbocycles. The van der Waals surface area contributed by atoms with Crippen LogP contribution in [0.5, 0.6) is 5.75 Å². The Labute approximate surface area is 160 Å². The van der Waals surface area contributed by atoms with Gasteiger partial charge in [-0.15, -0.1) is 0 Å². The van der Waals surface area contributed by atoms with Crippen molar-refractivity contribution in [3.05, 3.63) is 60.2 Å². The predicted octanol–water partition coefficient (Wildman–Crippen LogP) is 3.33. The third kappa shape index (κ3) is 5.33. The van der Waals surface area contributed by atoms with Gasteiger partial charge in [0.25, 0.3) is 0 Å². The predicted molar refractivity (Wildman–Crippen MR) is 106 cm³/mol. The smallest absolute Gasteiger partial charge is 0.227 e. The molecule has 0 fully saturated rings. The number of aryl methyl sites for hydroxylation is 1. The van der Waals surface area contributed by atoms with Crippen molar-refractivity contribution in [3.63, 3.8) is 0 Å². The van der Waals surface area contributed by atoms with Crippen LogP contribution in [-0.2, 0) is 16.0 Å². The number of hydrogen-bond donors (Lipinski definition) is 1. The summed E-state index contributed by atoms with van der Waals surface area (Å²) in [6.45, 7) is 3.00. The number of amides is 2. The maximum absolute atomic E-state index is 12.6. The first-order valence-electron chi connectivity index (χ1n) is 9.49. The molecular weight excluding hydrogens is 340 g/mol. The van der Waals surface area contributed by atoms with Crippen LogP contribution in [0.4, 0.5) is 5.69 Å². The highest BCUT2D eigenvalue weighted by Gasteiger charge is 2.23. The molecule has 5 nitrogen and oxygen atoms in total. The van der Waals surface area contributed by atoms with Crippen molar-refractivity contribution < 1.29 is 14.3 Å². The molecule has 1 aliphatic rings. The molecule has 0 spiro atoms. The normalized spacial score (nSPS) is 14.0. The molecule has 1 unspecified atom stereocenters. The van der Waals surface area contributed by atoms with Gasteiger partial charge in [-0.1, -0.05) is 42.5 Å². The van der Waals surface area contributed by atoms with E-state index in [1.807, 2.05) is 49.4 Å². The van der Waals surface area contributed by atoms with E-state index in [-0.39, 0.29) is 30.7 Å². The summed E-state index contributed by atoms with van der Waals surface area (Å²) in [5.74, 6) is 0.597. The maximum atomic E-state index is 12.6. The largest absolute Gasteiger partial charge is 0.490 e. The van der Waals surface area contributed by atoms with Gasteiger partial charge in [0.2, 0.25) is 11.8 Å². The second-order valence-corrected chi connectivity index (χ2v) is 6.85. The average molecular weight is 366 g/mol. The van der Waals surface area contributed by atoms with Gasteiger partial charge in [0, 0.05) is 18.9 Å². The fourth-order valence-corrected chi connectivity index (χ4v) is 3.23. The molecule has 0 saturated heterocycles. The topological polar surface area (TPSA) is 58.6 Å². The van der Waals surface area contributed by atoms with Crippen LogP contribution in [0, 0.1) is 0 Å². The van der Waals surface area contributed by atoms with Crippen LogP contribution in [0.25, 0.3) is 0 Å². The third-order valence-electron chi connectivity index (χ3n) is 4.71. The number of anilines is 1. The van der Waals surface area contributed by atoms with E-state index in [0.717, 1.165) is 24.3 Å². The van der Waals surface area contributed by atoms with E-state index >= 15 is 0 Å². The van der Waals surface area contributed by atoms with Gasteiger partial charge in [0.05, 0.1) is 12.2 Å². The van der Waals surface area contributed by atoms with Crippen molar-refractivity contribution in [2.24, 2.45) is 0 Å². The summed E-state index contributed by atoms with van der Waals surface area (Å²) in [6.07, 6.45) is 2.20. The van der Waals surface area contributed by atoms with Gasteiger partial charge < -0.3 is 15.0 Å².